The summed E-state index contributed by atoms with van der Waals surface area (Å²) in [5.74, 6) is 1.56. The van der Waals surface area contributed by atoms with E-state index < -0.39 is 10.8 Å². The van der Waals surface area contributed by atoms with E-state index in [1.165, 1.54) is 0 Å². The van der Waals surface area contributed by atoms with Gasteiger partial charge in [-0.3, -0.25) is 4.21 Å². The van der Waals surface area contributed by atoms with E-state index in [-0.39, 0.29) is 0 Å². The molecule has 0 amide bonds. The second-order valence-electron chi connectivity index (χ2n) is 4.73. The Bertz CT molecular complexity index is 397. The van der Waals surface area contributed by atoms with Crippen molar-refractivity contribution in [3.63, 3.8) is 0 Å². The van der Waals surface area contributed by atoms with Crippen LogP contribution in [0.4, 0.5) is 0 Å². The lowest BCUT2D eigenvalue weighted by Gasteiger charge is -2.23. The molecule has 0 aliphatic carbocycles. The van der Waals surface area contributed by atoms with E-state index in [1.54, 1.807) is 6.26 Å². The average Bonchev–Trinajstić information content (AvgIpc) is 2.35. The van der Waals surface area contributed by atoms with Crippen molar-refractivity contribution < 1.29 is 8.95 Å². The molecule has 0 aliphatic rings. The van der Waals surface area contributed by atoms with Gasteiger partial charge in [0.1, 0.15) is 5.75 Å². The van der Waals surface area contributed by atoms with Gasteiger partial charge < -0.3 is 9.64 Å². The third-order valence-corrected chi connectivity index (χ3v) is 4.17. The summed E-state index contributed by atoms with van der Waals surface area (Å²) in [4.78, 5) is 2.21. The van der Waals surface area contributed by atoms with Crippen LogP contribution in [-0.2, 0) is 10.8 Å². The van der Waals surface area contributed by atoms with Gasteiger partial charge in [0.2, 0.25) is 0 Å². The minimum atomic E-state index is -0.741. The van der Waals surface area contributed by atoms with Gasteiger partial charge in [-0.2, -0.15) is 0 Å². The first-order valence-corrected chi connectivity index (χ1v) is 8.48. The second kappa shape index (κ2) is 8.56. The molecule has 19 heavy (non-hydrogen) atoms. The Morgan fingerprint density at radius 1 is 1.37 bits per heavy atom. The van der Waals surface area contributed by atoms with Gasteiger partial charge in [0.15, 0.2) is 0 Å². The molecule has 0 saturated heterocycles. The topological polar surface area (TPSA) is 29.5 Å². The van der Waals surface area contributed by atoms with Crippen LogP contribution in [0.25, 0.3) is 0 Å². The van der Waals surface area contributed by atoms with Crippen molar-refractivity contribution in [2.75, 3.05) is 32.2 Å². The Morgan fingerprint density at radius 3 is 2.58 bits per heavy atom. The van der Waals surface area contributed by atoms with Gasteiger partial charge in [0.25, 0.3) is 0 Å². The van der Waals surface area contributed by atoms with E-state index in [0.717, 1.165) is 18.7 Å². The fourth-order valence-corrected chi connectivity index (χ4v) is 2.78. The summed E-state index contributed by atoms with van der Waals surface area (Å²) in [6.45, 7) is 3.71. The molecule has 0 aliphatic heterocycles. The van der Waals surface area contributed by atoms with E-state index in [9.17, 15) is 4.21 Å². The van der Waals surface area contributed by atoms with Crippen molar-refractivity contribution in [2.24, 2.45) is 0 Å². The van der Waals surface area contributed by atoms with E-state index in [4.69, 9.17) is 16.3 Å². The molecule has 0 spiro atoms. The van der Waals surface area contributed by atoms with Gasteiger partial charge in [-0.1, -0.05) is 11.6 Å². The molecule has 108 valence electrons. The van der Waals surface area contributed by atoms with Gasteiger partial charge in [0.05, 0.1) is 6.61 Å². The number of benzene rings is 1. The molecule has 5 heteroatoms. The SMILES string of the molecule is CC(CS(C)=O)N(C)CCCOc1ccc(Cl)cc1. The largest absolute Gasteiger partial charge is 0.494 e. The summed E-state index contributed by atoms with van der Waals surface area (Å²) in [5, 5.41) is 0.716. The summed E-state index contributed by atoms with van der Waals surface area (Å²) < 4.78 is 16.8. The van der Waals surface area contributed by atoms with Crippen LogP contribution in [0, 0.1) is 0 Å². The second-order valence-corrected chi connectivity index (χ2v) is 6.64. The highest BCUT2D eigenvalue weighted by Gasteiger charge is 2.10. The number of ether oxygens (including phenoxy) is 1. The van der Waals surface area contributed by atoms with Crippen molar-refractivity contribution in [3.8, 4) is 5.75 Å². The van der Waals surface area contributed by atoms with Crippen LogP contribution in [0.5, 0.6) is 5.75 Å². The van der Waals surface area contributed by atoms with Crippen LogP contribution in [0.1, 0.15) is 13.3 Å². The summed E-state index contributed by atoms with van der Waals surface area (Å²) in [6.07, 6.45) is 2.69. The normalized spacial score (nSPS) is 14.4. The molecule has 0 heterocycles. The number of hydrogen-bond acceptors (Lipinski definition) is 3. The average molecular weight is 304 g/mol. The van der Waals surface area contributed by atoms with Gasteiger partial charge in [-0.25, -0.2) is 0 Å². The molecule has 0 N–H and O–H groups in total. The Balaban J connectivity index is 2.19. The predicted molar refractivity (Wildman–Crippen MR) is 82.6 cm³/mol. The van der Waals surface area contributed by atoms with E-state index in [0.29, 0.717) is 23.4 Å². The van der Waals surface area contributed by atoms with Crippen LogP contribution >= 0.6 is 11.6 Å². The van der Waals surface area contributed by atoms with E-state index in [1.807, 2.05) is 24.3 Å². The predicted octanol–water partition coefficient (Wildman–Crippen LogP) is 2.81. The Labute approximate surface area is 123 Å². The molecule has 0 aromatic heterocycles. The van der Waals surface area contributed by atoms with E-state index in [2.05, 4.69) is 18.9 Å². The third-order valence-electron chi connectivity index (χ3n) is 2.97. The zero-order valence-corrected chi connectivity index (χ0v) is 13.3. The molecule has 0 fully saturated rings. The molecular weight excluding hydrogens is 282 g/mol. The fourth-order valence-electron chi connectivity index (χ4n) is 1.72. The maximum absolute atomic E-state index is 11.2. The highest BCUT2D eigenvalue weighted by atomic mass is 35.5. The first-order chi connectivity index (χ1) is 8.99. The minimum absolute atomic E-state index is 0.335. The quantitative estimate of drug-likeness (QED) is 0.692. The van der Waals surface area contributed by atoms with Crippen molar-refractivity contribution in [2.45, 2.75) is 19.4 Å². The maximum atomic E-state index is 11.2. The molecule has 0 saturated carbocycles. The molecule has 1 aromatic rings. The van der Waals surface area contributed by atoms with Crippen molar-refractivity contribution in [3.05, 3.63) is 29.3 Å². The fraction of sp³-hybridized carbons (Fsp3) is 0.571. The monoisotopic (exact) mass is 303 g/mol. The highest BCUT2D eigenvalue weighted by molar-refractivity contribution is 7.84. The Kier molecular flexibility index (Phi) is 7.42. The summed E-state index contributed by atoms with van der Waals surface area (Å²) >= 11 is 5.80. The van der Waals surface area contributed by atoms with Crippen LogP contribution in [-0.4, -0.2) is 47.4 Å². The Hall–Kier alpha value is -0.580. The Morgan fingerprint density at radius 2 is 2.00 bits per heavy atom. The molecule has 0 bridgehead atoms. The first kappa shape index (κ1) is 16.5. The molecule has 2 unspecified atom stereocenters. The number of halogens is 1. The van der Waals surface area contributed by atoms with Crippen LogP contribution in [0.2, 0.25) is 5.02 Å². The van der Waals surface area contributed by atoms with Gasteiger partial charge in [-0.15, -0.1) is 0 Å². The zero-order valence-electron chi connectivity index (χ0n) is 11.8. The first-order valence-electron chi connectivity index (χ1n) is 6.37. The molecular formula is C14H22ClNO2S. The van der Waals surface area contributed by atoms with Crippen LogP contribution in [0.3, 0.4) is 0 Å². The van der Waals surface area contributed by atoms with Gasteiger partial charge in [-0.05, 0) is 44.7 Å². The summed E-state index contributed by atoms with van der Waals surface area (Å²) in [6, 6.07) is 7.72. The molecule has 0 radical (unpaired) electrons. The molecule has 2 atom stereocenters. The zero-order chi connectivity index (χ0) is 14.3. The summed E-state index contributed by atoms with van der Waals surface area (Å²) in [7, 11) is 1.31. The lowest BCUT2D eigenvalue weighted by Crippen LogP contribution is -2.34. The highest BCUT2D eigenvalue weighted by Crippen LogP contribution is 2.15. The number of rotatable bonds is 8. The minimum Gasteiger partial charge on any atom is -0.494 e. The van der Waals surface area contributed by atoms with E-state index >= 15 is 0 Å². The van der Waals surface area contributed by atoms with Gasteiger partial charge in [0, 0.05) is 40.4 Å². The lowest BCUT2D eigenvalue weighted by atomic mass is 10.3. The smallest absolute Gasteiger partial charge is 0.119 e. The number of hydrogen-bond donors (Lipinski definition) is 0. The third kappa shape index (κ3) is 6.95. The van der Waals surface area contributed by atoms with Crippen molar-refractivity contribution in [1.29, 1.82) is 0 Å². The summed E-state index contributed by atoms with van der Waals surface area (Å²) in [5.41, 5.74) is 0. The molecule has 1 aromatic carbocycles. The van der Waals surface area contributed by atoms with Crippen LogP contribution < -0.4 is 4.74 Å². The molecule has 1 rings (SSSR count). The van der Waals surface area contributed by atoms with Crippen LogP contribution in [0.15, 0.2) is 24.3 Å². The van der Waals surface area contributed by atoms with Crippen molar-refractivity contribution >= 4 is 22.4 Å². The lowest BCUT2D eigenvalue weighted by molar-refractivity contribution is 0.235. The standard InChI is InChI=1S/C14H22ClNO2S/c1-12(11-19(3)17)16(2)9-4-10-18-14-7-5-13(15)6-8-14/h5-8,12H,4,9-11H2,1-3H3. The maximum Gasteiger partial charge on any atom is 0.119 e. The number of nitrogens with zero attached hydrogens (tertiary/aromatic N) is 1. The van der Waals surface area contributed by atoms with Gasteiger partial charge >= 0.3 is 0 Å². The van der Waals surface area contributed by atoms with Crippen molar-refractivity contribution in [1.82, 2.24) is 4.90 Å². The molecule has 3 nitrogen and oxygen atoms in total.